The lowest BCUT2D eigenvalue weighted by molar-refractivity contribution is 0.0670. The molecule has 1 aliphatic heterocycles. The molecule has 2 nitrogen and oxygen atoms in total. The molecule has 0 N–H and O–H groups in total. The molecule has 1 aliphatic rings. The summed E-state index contributed by atoms with van der Waals surface area (Å²) in [5.41, 5.74) is 1.30. The van der Waals surface area contributed by atoms with Crippen molar-refractivity contribution in [2.24, 2.45) is 0 Å². The number of hydrogen-bond donors (Lipinski definition) is 0. The summed E-state index contributed by atoms with van der Waals surface area (Å²) in [4.78, 5) is 0. The first-order valence-electron chi connectivity index (χ1n) is 6.58. The minimum Gasteiger partial charge on any atom is -0.546 e. The highest BCUT2D eigenvalue weighted by atomic mass is 28.4. The Kier molecular flexibility index (Phi) is 5.06. The first-order valence-corrected chi connectivity index (χ1v) is 9.11. The number of rotatable bonds is 5. The van der Waals surface area contributed by atoms with Crippen molar-refractivity contribution in [1.82, 2.24) is 0 Å². The molecule has 1 atom stereocenters. The van der Waals surface area contributed by atoms with Crippen LogP contribution in [0.4, 0.5) is 0 Å². The van der Waals surface area contributed by atoms with Gasteiger partial charge in [-0.2, -0.15) is 0 Å². The molecule has 0 bridgehead atoms. The van der Waals surface area contributed by atoms with Crippen LogP contribution in [0.2, 0.25) is 18.1 Å². The van der Waals surface area contributed by atoms with E-state index < -0.39 is 8.32 Å². The van der Waals surface area contributed by atoms with Crippen molar-refractivity contribution >= 4 is 8.32 Å². The predicted octanol–water partition coefficient (Wildman–Crippen LogP) is 4.09. The van der Waals surface area contributed by atoms with E-state index in [-0.39, 0.29) is 6.10 Å². The van der Waals surface area contributed by atoms with Gasteiger partial charge in [-0.25, -0.2) is 0 Å². The van der Waals surface area contributed by atoms with Crippen LogP contribution in [0.15, 0.2) is 11.3 Å². The van der Waals surface area contributed by atoms with Crippen LogP contribution in [0, 0.1) is 0 Å². The second kappa shape index (κ2) is 5.87. The van der Waals surface area contributed by atoms with Gasteiger partial charge in [0, 0.05) is 6.42 Å². The highest BCUT2D eigenvalue weighted by Crippen LogP contribution is 2.30. The Labute approximate surface area is 101 Å². The molecule has 94 valence electrons. The fourth-order valence-corrected chi connectivity index (χ4v) is 4.96. The SMILES string of the molecule is CC[Si](CC)(CC)OC1=C(C)C(C)OCC1. The molecule has 0 saturated heterocycles. The van der Waals surface area contributed by atoms with Crippen LogP contribution in [0.1, 0.15) is 41.0 Å². The molecule has 16 heavy (non-hydrogen) atoms. The number of hydrogen-bond acceptors (Lipinski definition) is 2. The third-order valence-electron chi connectivity index (χ3n) is 4.02. The van der Waals surface area contributed by atoms with Crippen LogP contribution >= 0.6 is 0 Å². The molecule has 0 spiro atoms. The van der Waals surface area contributed by atoms with Crippen molar-refractivity contribution in [1.29, 1.82) is 0 Å². The molecule has 0 aliphatic carbocycles. The molecule has 0 radical (unpaired) electrons. The molecule has 0 aromatic heterocycles. The summed E-state index contributed by atoms with van der Waals surface area (Å²) in [6, 6.07) is 3.64. The lowest BCUT2D eigenvalue weighted by atomic mass is 10.1. The highest BCUT2D eigenvalue weighted by Gasteiger charge is 2.33. The summed E-state index contributed by atoms with van der Waals surface area (Å²) in [7, 11) is -1.49. The molecule has 0 amide bonds. The topological polar surface area (TPSA) is 18.5 Å². The van der Waals surface area contributed by atoms with Crippen LogP contribution in [0.3, 0.4) is 0 Å². The summed E-state index contributed by atoms with van der Waals surface area (Å²) >= 11 is 0. The Balaban J connectivity index is 2.81. The second-order valence-electron chi connectivity index (χ2n) is 4.71. The third kappa shape index (κ3) is 2.89. The van der Waals surface area contributed by atoms with Gasteiger partial charge in [-0.3, -0.25) is 0 Å². The summed E-state index contributed by atoms with van der Waals surface area (Å²) in [6.45, 7) is 11.9. The zero-order chi connectivity index (χ0) is 12.2. The van der Waals surface area contributed by atoms with E-state index in [0.29, 0.717) is 0 Å². The zero-order valence-corrected chi connectivity index (χ0v) is 12.4. The normalized spacial score (nSPS) is 22.4. The van der Waals surface area contributed by atoms with Crippen molar-refractivity contribution in [3.63, 3.8) is 0 Å². The van der Waals surface area contributed by atoms with Gasteiger partial charge in [-0.1, -0.05) is 20.8 Å². The van der Waals surface area contributed by atoms with E-state index in [1.54, 1.807) is 0 Å². The molecule has 0 aromatic rings. The maximum Gasteiger partial charge on any atom is 0.250 e. The molecule has 1 unspecified atom stereocenters. The van der Waals surface area contributed by atoms with Gasteiger partial charge in [-0.05, 0) is 37.6 Å². The summed E-state index contributed by atoms with van der Waals surface area (Å²) in [5.74, 6) is 1.23. The minimum atomic E-state index is -1.49. The predicted molar refractivity (Wildman–Crippen MR) is 71.0 cm³/mol. The van der Waals surface area contributed by atoms with Crippen LogP contribution in [-0.4, -0.2) is 21.0 Å². The van der Waals surface area contributed by atoms with E-state index in [4.69, 9.17) is 9.16 Å². The first-order chi connectivity index (χ1) is 7.58. The fourth-order valence-electron chi connectivity index (χ4n) is 2.24. The van der Waals surface area contributed by atoms with Gasteiger partial charge in [0.25, 0.3) is 0 Å². The molecular formula is C13H26O2Si. The van der Waals surface area contributed by atoms with Gasteiger partial charge in [0.2, 0.25) is 8.32 Å². The Bertz CT molecular complexity index is 248. The summed E-state index contributed by atoms with van der Waals surface area (Å²) in [6.07, 6.45) is 1.20. The monoisotopic (exact) mass is 242 g/mol. The Morgan fingerprint density at radius 3 is 2.31 bits per heavy atom. The van der Waals surface area contributed by atoms with Gasteiger partial charge < -0.3 is 9.16 Å². The largest absolute Gasteiger partial charge is 0.546 e. The maximum absolute atomic E-state index is 6.45. The maximum atomic E-state index is 6.45. The highest BCUT2D eigenvalue weighted by molar-refractivity contribution is 6.73. The molecule has 3 heteroatoms. The summed E-state index contributed by atoms with van der Waals surface area (Å²) in [5, 5.41) is 0. The average Bonchev–Trinajstić information content (AvgIpc) is 2.32. The Morgan fingerprint density at radius 2 is 1.81 bits per heavy atom. The molecule has 0 fully saturated rings. The Morgan fingerprint density at radius 1 is 1.25 bits per heavy atom. The molecule has 1 heterocycles. The van der Waals surface area contributed by atoms with Gasteiger partial charge in [-0.15, -0.1) is 0 Å². The van der Waals surface area contributed by atoms with Gasteiger partial charge in [0.1, 0.15) is 0 Å². The van der Waals surface area contributed by atoms with Crippen molar-refractivity contribution in [3.8, 4) is 0 Å². The fraction of sp³-hybridized carbons (Fsp3) is 0.846. The smallest absolute Gasteiger partial charge is 0.250 e. The van der Waals surface area contributed by atoms with Crippen molar-refractivity contribution < 1.29 is 9.16 Å². The Hall–Kier alpha value is -0.283. The third-order valence-corrected chi connectivity index (χ3v) is 8.56. The van der Waals surface area contributed by atoms with Crippen molar-refractivity contribution in [3.05, 3.63) is 11.3 Å². The van der Waals surface area contributed by atoms with Gasteiger partial charge in [0.15, 0.2) is 0 Å². The summed E-state index contributed by atoms with van der Waals surface area (Å²) < 4.78 is 12.1. The second-order valence-corrected chi connectivity index (χ2v) is 9.41. The van der Waals surface area contributed by atoms with E-state index in [2.05, 4.69) is 34.6 Å². The van der Waals surface area contributed by atoms with Crippen LogP contribution in [0.5, 0.6) is 0 Å². The van der Waals surface area contributed by atoms with Gasteiger partial charge >= 0.3 is 0 Å². The van der Waals surface area contributed by atoms with Crippen LogP contribution in [0.25, 0.3) is 0 Å². The lowest BCUT2D eigenvalue weighted by Gasteiger charge is -2.34. The molecule has 0 aromatic carbocycles. The molecule has 1 rings (SSSR count). The average molecular weight is 242 g/mol. The first kappa shape index (κ1) is 13.8. The molecule has 0 saturated carbocycles. The standard InChI is InChI=1S/C13H26O2Si/c1-6-16(7-2,8-3)15-13-9-10-14-12(5)11(13)4/h12H,6-10H2,1-5H3. The van der Waals surface area contributed by atoms with Gasteiger partial charge in [0.05, 0.1) is 18.5 Å². The van der Waals surface area contributed by atoms with E-state index in [0.717, 1.165) is 13.0 Å². The number of ether oxygens (including phenoxy) is 1. The van der Waals surface area contributed by atoms with E-state index in [1.165, 1.54) is 29.5 Å². The van der Waals surface area contributed by atoms with Crippen LogP contribution in [-0.2, 0) is 9.16 Å². The quantitative estimate of drug-likeness (QED) is 0.676. The van der Waals surface area contributed by atoms with E-state index in [9.17, 15) is 0 Å². The zero-order valence-electron chi connectivity index (χ0n) is 11.4. The lowest BCUT2D eigenvalue weighted by Crippen LogP contribution is -2.37. The van der Waals surface area contributed by atoms with Crippen molar-refractivity contribution in [2.45, 2.75) is 65.3 Å². The van der Waals surface area contributed by atoms with E-state index >= 15 is 0 Å². The van der Waals surface area contributed by atoms with E-state index in [1.807, 2.05) is 0 Å². The van der Waals surface area contributed by atoms with Crippen molar-refractivity contribution in [2.75, 3.05) is 6.61 Å². The molecular weight excluding hydrogens is 216 g/mol. The van der Waals surface area contributed by atoms with Crippen LogP contribution < -0.4 is 0 Å². The minimum absolute atomic E-state index is 0.237.